The summed E-state index contributed by atoms with van der Waals surface area (Å²) in [6.45, 7) is 1.92. The van der Waals surface area contributed by atoms with Gasteiger partial charge in [-0.05, 0) is 37.8 Å². The molecule has 1 aromatic heterocycles. The molecule has 29 heavy (non-hydrogen) atoms. The SMILES string of the molecule is CCOC(=O)c1[nH]c(C=N)c(-c2ccc(OC)c(OC)c2OC)c1C(O)C1CC1. The number of nitrogens with one attached hydrogen (secondary N) is 2. The number of benzene rings is 1. The predicted octanol–water partition coefficient (Wildman–Crippen LogP) is 3.33. The van der Waals surface area contributed by atoms with Crippen molar-refractivity contribution in [1.29, 1.82) is 5.41 Å². The van der Waals surface area contributed by atoms with Crippen molar-refractivity contribution in [1.82, 2.24) is 4.98 Å². The molecule has 3 rings (SSSR count). The van der Waals surface area contributed by atoms with Gasteiger partial charge in [0.2, 0.25) is 5.75 Å². The Labute approximate surface area is 169 Å². The van der Waals surface area contributed by atoms with Crippen LogP contribution in [-0.2, 0) is 4.74 Å². The van der Waals surface area contributed by atoms with Gasteiger partial charge in [0, 0.05) is 22.9 Å². The molecule has 1 aliphatic carbocycles. The Hall–Kier alpha value is -3.00. The van der Waals surface area contributed by atoms with E-state index in [4.69, 9.17) is 24.4 Å². The molecular weight excluding hydrogens is 376 g/mol. The number of aromatic amines is 1. The third kappa shape index (κ3) is 3.67. The van der Waals surface area contributed by atoms with Gasteiger partial charge in [0.05, 0.1) is 39.7 Å². The van der Waals surface area contributed by atoms with Crippen LogP contribution in [0.4, 0.5) is 0 Å². The molecule has 3 N–H and O–H groups in total. The maximum atomic E-state index is 12.6. The highest BCUT2D eigenvalue weighted by atomic mass is 16.5. The van der Waals surface area contributed by atoms with Gasteiger partial charge in [0.25, 0.3) is 0 Å². The van der Waals surface area contributed by atoms with Gasteiger partial charge in [-0.2, -0.15) is 0 Å². The van der Waals surface area contributed by atoms with Crippen molar-refractivity contribution in [3.8, 4) is 28.4 Å². The van der Waals surface area contributed by atoms with E-state index in [-0.39, 0.29) is 18.2 Å². The average Bonchev–Trinajstić information content (AvgIpc) is 3.51. The Kier molecular flexibility index (Phi) is 6.12. The fourth-order valence-electron chi connectivity index (χ4n) is 3.54. The highest BCUT2D eigenvalue weighted by molar-refractivity contribution is 5.99. The molecule has 156 valence electrons. The van der Waals surface area contributed by atoms with E-state index in [2.05, 4.69) is 4.98 Å². The molecule has 1 aromatic carbocycles. The fraction of sp³-hybridized carbons (Fsp3) is 0.429. The van der Waals surface area contributed by atoms with Gasteiger partial charge in [-0.15, -0.1) is 0 Å². The molecule has 1 aliphatic rings. The van der Waals surface area contributed by atoms with Crippen LogP contribution < -0.4 is 14.2 Å². The zero-order valence-electron chi connectivity index (χ0n) is 17.0. The highest BCUT2D eigenvalue weighted by Crippen LogP contribution is 2.50. The standard InChI is InChI=1S/C21H26N2O6/c1-5-29-21(25)17-16(18(24)11-6-7-11)15(13(10-22)23-17)12-8-9-14(26-2)20(28-4)19(12)27-3/h8-11,18,22-24H,5-7H2,1-4H3. The molecule has 0 spiro atoms. The Bertz CT molecular complexity index is 916. The summed E-state index contributed by atoms with van der Waals surface area (Å²) >= 11 is 0. The van der Waals surface area contributed by atoms with E-state index in [0.717, 1.165) is 19.1 Å². The summed E-state index contributed by atoms with van der Waals surface area (Å²) in [5, 5.41) is 18.9. The first-order chi connectivity index (χ1) is 14.0. The summed E-state index contributed by atoms with van der Waals surface area (Å²) in [6.07, 6.45) is 1.98. The van der Waals surface area contributed by atoms with E-state index in [0.29, 0.717) is 39.6 Å². The van der Waals surface area contributed by atoms with Crippen LogP contribution in [0.5, 0.6) is 17.2 Å². The second-order valence-corrected chi connectivity index (χ2v) is 6.73. The lowest BCUT2D eigenvalue weighted by molar-refractivity contribution is 0.0511. The third-order valence-corrected chi connectivity index (χ3v) is 5.03. The largest absolute Gasteiger partial charge is 0.493 e. The van der Waals surface area contributed by atoms with Crippen molar-refractivity contribution >= 4 is 12.2 Å². The summed E-state index contributed by atoms with van der Waals surface area (Å²) in [5.74, 6) is 0.733. The zero-order chi connectivity index (χ0) is 21.1. The van der Waals surface area contributed by atoms with Crippen LogP contribution in [0, 0.1) is 11.3 Å². The molecule has 1 heterocycles. The van der Waals surface area contributed by atoms with E-state index < -0.39 is 12.1 Å². The number of aliphatic hydroxyl groups excluding tert-OH is 1. The topological polar surface area (TPSA) is 114 Å². The lowest BCUT2D eigenvalue weighted by Crippen LogP contribution is -2.12. The molecule has 1 unspecified atom stereocenters. The summed E-state index contributed by atoms with van der Waals surface area (Å²) in [5.41, 5.74) is 2.02. The normalized spacial score (nSPS) is 14.2. The Balaban J connectivity index is 2.31. The average molecular weight is 402 g/mol. The summed E-state index contributed by atoms with van der Waals surface area (Å²) in [7, 11) is 4.53. The number of rotatable bonds is 9. The molecule has 1 atom stereocenters. The van der Waals surface area contributed by atoms with Crippen LogP contribution in [0.2, 0.25) is 0 Å². The van der Waals surface area contributed by atoms with Crippen molar-refractivity contribution in [3.63, 3.8) is 0 Å². The Morgan fingerprint density at radius 1 is 1.24 bits per heavy atom. The van der Waals surface area contributed by atoms with Crippen LogP contribution in [-0.4, -0.2) is 50.2 Å². The first-order valence-electron chi connectivity index (χ1n) is 9.43. The van der Waals surface area contributed by atoms with Crippen molar-refractivity contribution in [2.24, 2.45) is 5.92 Å². The Morgan fingerprint density at radius 3 is 2.45 bits per heavy atom. The van der Waals surface area contributed by atoms with Gasteiger partial charge in [-0.3, -0.25) is 0 Å². The van der Waals surface area contributed by atoms with Crippen LogP contribution in [0.25, 0.3) is 11.1 Å². The number of methoxy groups -OCH3 is 3. The lowest BCUT2D eigenvalue weighted by atomic mass is 9.93. The van der Waals surface area contributed by atoms with E-state index in [1.807, 2.05) is 0 Å². The number of hydrogen-bond donors (Lipinski definition) is 3. The van der Waals surface area contributed by atoms with Crippen LogP contribution in [0.3, 0.4) is 0 Å². The van der Waals surface area contributed by atoms with Crippen LogP contribution in [0.15, 0.2) is 12.1 Å². The number of aliphatic hydroxyl groups is 1. The minimum Gasteiger partial charge on any atom is -0.493 e. The van der Waals surface area contributed by atoms with Gasteiger partial charge >= 0.3 is 5.97 Å². The monoisotopic (exact) mass is 402 g/mol. The van der Waals surface area contributed by atoms with E-state index >= 15 is 0 Å². The quantitative estimate of drug-likeness (QED) is 0.438. The van der Waals surface area contributed by atoms with Gasteiger partial charge in [-0.25, -0.2) is 4.79 Å². The van der Waals surface area contributed by atoms with E-state index in [1.165, 1.54) is 21.3 Å². The maximum Gasteiger partial charge on any atom is 0.355 e. The van der Waals surface area contributed by atoms with Gasteiger partial charge in [0.1, 0.15) is 5.69 Å². The molecule has 2 aromatic rings. The molecule has 0 aliphatic heterocycles. The fourth-order valence-corrected chi connectivity index (χ4v) is 3.54. The summed E-state index contributed by atoms with van der Waals surface area (Å²) in [6, 6.07) is 3.48. The van der Waals surface area contributed by atoms with Gasteiger partial charge in [0.15, 0.2) is 11.5 Å². The summed E-state index contributed by atoms with van der Waals surface area (Å²) in [4.78, 5) is 15.5. The molecule has 1 saturated carbocycles. The molecule has 1 fully saturated rings. The minimum absolute atomic E-state index is 0.0578. The number of H-pyrrole nitrogens is 1. The van der Waals surface area contributed by atoms with Crippen molar-refractivity contribution in [2.75, 3.05) is 27.9 Å². The number of carbonyl (C=O) groups is 1. The Morgan fingerprint density at radius 2 is 1.93 bits per heavy atom. The van der Waals surface area contributed by atoms with Crippen LogP contribution >= 0.6 is 0 Å². The van der Waals surface area contributed by atoms with Crippen molar-refractivity contribution in [3.05, 3.63) is 29.1 Å². The zero-order valence-corrected chi connectivity index (χ0v) is 17.0. The molecule has 0 radical (unpaired) electrons. The molecule has 8 nitrogen and oxygen atoms in total. The molecule has 0 amide bonds. The van der Waals surface area contributed by atoms with Crippen molar-refractivity contribution < 1.29 is 28.8 Å². The second kappa shape index (κ2) is 8.57. The van der Waals surface area contributed by atoms with Gasteiger partial charge < -0.3 is 34.4 Å². The number of aromatic nitrogens is 1. The third-order valence-electron chi connectivity index (χ3n) is 5.03. The summed E-state index contributed by atoms with van der Waals surface area (Å²) < 4.78 is 21.6. The smallest absolute Gasteiger partial charge is 0.355 e. The van der Waals surface area contributed by atoms with E-state index in [9.17, 15) is 9.90 Å². The molecule has 0 saturated heterocycles. The predicted molar refractivity (Wildman–Crippen MR) is 107 cm³/mol. The first kappa shape index (κ1) is 20.7. The van der Waals surface area contributed by atoms with Crippen LogP contribution in [0.1, 0.15) is 47.6 Å². The molecular formula is C21H26N2O6. The maximum absolute atomic E-state index is 12.6. The molecule has 8 heteroatoms. The first-order valence-corrected chi connectivity index (χ1v) is 9.43. The number of hydrogen-bond acceptors (Lipinski definition) is 7. The molecule has 0 bridgehead atoms. The minimum atomic E-state index is -0.868. The number of esters is 1. The number of ether oxygens (including phenoxy) is 4. The van der Waals surface area contributed by atoms with E-state index in [1.54, 1.807) is 19.1 Å². The highest BCUT2D eigenvalue weighted by Gasteiger charge is 2.38. The number of carbonyl (C=O) groups excluding carboxylic acids is 1. The second-order valence-electron chi connectivity index (χ2n) is 6.73. The lowest BCUT2D eigenvalue weighted by Gasteiger charge is -2.18. The van der Waals surface area contributed by atoms with Crippen molar-refractivity contribution in [2.45, 2.75) is 25.9 Å². The van der Waals surface area contributed by atoms with Gasteiger partial charge in [-0.1, -0.05) is 0 Å².